The standard InChI is InChI=1S/C31H24BrN7O/c1-18-8-7-9-21(16-18)34-29-31-36-30-27(19(2)37-39(30)26-12-5-6-15-33-26)28(22-17-20(32)13-14-25(22)40)38(31)24-11-4-3-10-23(24)35-29/h3-17,28,40H,1-2H3,(H,34,35). The number of aromatic hydroxyl groups is 1. The average molecular weight is 590 g/mol. The molecule has 2 aromatic heterocycles. The third-order valence-corrected chi connectivity index (χ3v) is 7.56. The van der Waals surface area contributed by atoms with E-state index in [1.807, 2.05) is 73.7 Å². The molecule has 7 rings (SSSR count). The molecule has 0 saturated carbocycles. The number of pyridine rings is 1. The van der Waals surface area contributed by atoms with Gasteiger partial charge in [-0.1, -0.05) is 46.3 Å². The lowest BCUT2D eigenvalue weighted by Gasteiger charge is -2.40. The van der Waals surface area contributed by atoms with Crippen molar-refractivity contribution in [1.82, 2.24) is 14.8 Å². The summed E-state index contributed by atoms with van der Waals surface area (Å²) >= 11 is 3.62. The van der Waals surface area contributed by atoms with E-state index >= 15 is 0 Å². The fourth-order valence-electron chi connectivity index (χ4n) is 5.33. The highest BCUT2D eigenvalue weighted by Gasteiger charge is 2.42. The molecule has 0 amide bonds. The lowest BCUT2D eigenvalue weighted by molar-refractivity contribution is 0.465. The second-order valence-electron chi connectivity index (χ2n) is 9.78. The molecule has 40 heavy (non-hydrogen) atoms. The maximum absolute atomic E-state index is 11.2. The number of nitrogens with zero attached hydrogens (tertiary/aromatic N) is 6. The van der Waals surface area contributed by atoms with E-state index in [1.165, 1.54) is 0 Å². The van der Waals surface area contributed by atoms with Crippen LogP contribution in [-0.4, -0.2) is 31.5 Å². The quantitative estimate of drug-likeness (QED) is 0.233. The summed E-state index contributed by atoms with van der Waals surface area (Å²) < 4.78 is 2.62. The van der Waals surface area contributed by atoms with E-state index in [0.29, 0.717) is 23.3 Å². The molecule has 2 N–H and O–H groups in total. The van der Waals surface area contributed by atoms with Gasteiger partial charge in [-0.05, 0) is 74.0 Å². The maximum atomic E-state index is 11.2. The molecular formula is C31H24BrN7O. The Morgan fingerprint density at radius 1 is 0.900 bits per heavy atom. The molecule has 196 valence electrons. The van der Waals surface area contributed by atoms with Crippen LogP contribution in [0.4, 0.5) is 22.9 Å². The second-order valence-corrected chi connectivity index (χ2v) is 10.7. The van der Waals surface area contributed by atoms with Crippen molar-refractivity contribution in [2.75, 3.05) is 10.2 Å². The minimum atomic E-state index is -0.441. The van der Waals surface area contributed by atoms with Crippen LogP contribution < -0.4 is 10.2 Å². The van der Waals surface area contributed by atoms with Crippen molar-refractivity contribution in [3.8, 4) is 11.6 Å². The number of phenols is 1. The zero-order chi connectivity index (χ0) is 27.4. The number of hydrogen-bond donors (Lipinski definition) is 2. The van der Waals surface area contributed by atoms with Crippen molar-refractivity contribution in [2.45, 2.75) is 19.9 Å². The Kier molecular flexibility index (Phi) is 5.74. The van der Waals surface area contributed by atoms with Crippen molar-refractivity contribution in [1.29, 1.82) is 0 Å². The number of fused-ring (bicyclic) bond motifs is 4. The molecule has 9 heteroatoms. The summed E-state index contributed by atoms with van der Waals surface area (Å²) in [7, 11) is 0. The van der Waals surface area contributed by atoms with Gasteiger partial charge in [0.05, 0.1) is 23.1 Å². The van der Waals surface area contributed by atoms with Crippen LogP contribution in [0.15, 0.2) is 106 Å². The van der Waals surface area contributed by atoms with Crippen LogP contribution in [0, 0.1) is 13.8 Å². The third kappa shape index (κ3) is 3.97. The number of benzene rings is 3. The lowest BCUT2D eigenvalue weighted by Crippen LogP contribution is -2.46. The number of anilines is 2. The monoisotopic (exact) mass is 589 g/mol. The highest BCUT2D eigenvalue weighted by molar-refractivity contribution is 9.10. The van der Waals surface area contributed by atoms with Gasteiger partial charge in [0.15, 0.2) is 23.3 Å². The average Bonchev–Trinajstić information content (AvgIpc) is 3.30. The number of nitrogens with one attached hydrogen (secondary N) is 1. The summed E-state index contributed by atoms with van der Waals surface area (Å²) in [6.45, 7) is 4.02. The largest absolute Gasteiger partial charge is 0.508 e. The van der Waals surface area contributed by atoms with Gasteiger partial charge in [0.2, 0.25) is 0 Å². The summed E-state index contributed by atoms with van der Waals surface area (Å²) in [5, 5.41) is 19.6. The van der Waals surface area contributed by atoms with Gasteiger partial charge in [-0.2, -0.15) is 9.78 Å². The molecular weight excluding hydrogens is 566 g/mol. The Morgan fingerprint density at radius 3 is 2.58 bits per heavy atom. The number of halogens is 1. The summed E-state index contributed by atoms with van der Waals surface area (Å²) in [6.07, 6.45) is 1.74. The number of aliphatic imine (C=N–C) groups is 2. The SMILES string of the molecule is Cc1cccc(NC2=Nc3ccccc3N3C2=Nc2c(c(C)nn2-c2ccccn2)C3c2cc(Br)ccc2O)c1. The molecule has 0 spiro atoms. The summed E-state index contributed by atoms with van der Waals surface area (Å²) in [5.74, 6) is 2.70. The highest BCUT2D eigenvalue weighted by Crippen LogP contribution is 2.50. The van der Waals surface area contributed by atoms with Gasteiger partial charge in [-0.15, -0.1) is 0 Å². The van der Waals surface area contributed by atoms with E-state index in [0.717, 1.165) is 43.9 Å². The Balaban J connectivity index is 1.52. The zero-order valence-corrected chi connectivity index (χ0v) is 23.3. The summed E-state index contributed by atoms with van der Waals surface area (Å²) in [4.78, 5) is 16.9. The number of para-hydroxylation sites is 2. The second kappa shape index (κ2) is 9.46. The summed E-state index contributed by atoms with van der Waals surface area (Å²) in [6, 6.07) is 26.9. The van der Waals surface area contributed by atoms with E-state index in [4.69, 9.17) is 15.1 Å². The number of aryl methyl sites for hydroxylation is 2. The van der Waals surface area contributed by atoms with Crippen molar-refractivity contribution in [2.24, 2.45) is 9.98 Å². The fraction of sp³-hybridized carbons (Fsp3) is 0.0968. The Hall–Kier alpha value is -4.76. The minimum Gasteiger partial charge on any atom is -0.508 e. The normalized spacial score (nSPS) is 15.5. The number of rotatable bonds is 3. The third-order valence-electron chi connectivity index (χ3n) is 7.07. The first-order chi connectivity index (χ1) is 19.5. The topological polar surface area (TPSA) is 90.9 Å². The van der Waals surface area contributed by atoms with Crippen LogP contribution in [0.25, 0.3) is 5.82 Å². The Bertz CT molecular complexity index is 1840. The van der Waals surface area contributed by atoms with E-state index in [2.05, 4.69) is 50.2 Å². The number of phenolic OH excluding ortho intramolecular Hbond substituents is 1. The van der Waals surface area contributed by atoms with Crippen LogP contribution in [-0.2, 0) is 0 Å². The number of amidine groups is 2. The molecule has 4 heterocycles. The molecule has 1 unspecified atom stereocenters. The molecule has 5 aromatic rings. The van der Waals surface area contributed by atoms with Crippen LogP contribution in [0.3, 0.4) is 0 Å². The maximum Gasteiger partial charge on any atom is 0.179 e. The first-order valence-corrected chi connectivity index (χ1v) is 13.7. The van der Waals surface area contributed by atoms with Crippen molar-refractivity contribution >= 4 is 50.5 Å². The van der Waals surface area contributed by atoms with Crippen LogP contribution in [0.5, 0.6) is 5.75 Å². The minimum absolute atomic E-state index is 0.179. The molecule has 2 aliphatic heterocycles. The van der Waals surface area contributed by atoms with E-state index < -0.39 is 6.04 Å². The number of hydrogen-bond acceptors (Lipinski definition) is 7. The van der Waals surface area contributed by atoms with Gasteiger partial charge in [-0.3, -0.25) is 0 Å². The fourth-order valence-corrected chi connectivity index (χ4v) is 5.71. The number of aromatic nitrogens is 3. The Morgan fingerprint density at radius 2 is 1.75 bits per heavy atom. The van der Waals surface area contributed by atoms with E-state index in [-0.39, 0.29) is 5.75 Å². The van der Waals surface area contributed by atoms with Crippen molar-refractivity contribution in [3.63, 3.8) is 0 Å². The van der Waals surface area contributed by atoms with Gasteiger partial charge < -0.3 is 15.3 Å². The molecule has 0 aliphatic carbocycles. The summed E-state index contributed by atoms with van der Waals surface area (Å²) in [5.41, 5.74) is 6.12. The van der Waals surface area contributed by atoms with Crippen molar-refractivity contribution < 1.29 is 5.11 Å². The van der Waals surface area contributed by atoms with Gasteiger partial charge in [-0.25, -0.2) is 15.0 Å². The van der Waals surface area contributed by atoms with Gasteiger partial charge in [0, 0.05) is 27.5 Å². The van der Waals surface area contributed by atoms with E-state index in [9.17, 15) is 5.11 Å². The van der Waals surface area contributed by atoms with Gasteiger partial charge >= 0.3 is 0 Å². The van der Waals surface area contributed by atoms with Gasteiger partial charge in [0.25, 0.3) is 0 Å². The predicted octanol–water partition coefficient (Wildman–Crippen LogP) is 7.15. The predicted molar refractivity (Wildman–Crippen MR) is 162 cm³/mol. The first-order valence-electron chi connectivity index (χ1n) is 12.9. The van der Waals surface area contributed by atoms with Gasteiger partial charge in [0.1, 0.15) is 5.75 Å². The van der Waals surface area contributed by atoms with E-state index in [1.54, 1.807) is 16.9 Å². The molecule has 1 atom stereocenters. The molecule has 2 aliphatic rings. The molecule has 0 bridgehead atoms. The van der Waals surface area contributed by atoms with Crippen LogP contribution >= 0.6 is 15.9 Å². The first kappa shape index (κ1) is 24.3. The Labute approximate surface area is 239 Å². The molecule has 3 aromatic carbocycles. The van der Waals surface area contributed by atoms with Crippen LogP contribution in [0.2, 0.25) is 0 Å². The molecule has 0 saturated heterocycles. The molecule has 8 nitrogen and oxygen atoms in total. The van der Waals surface area contributed by atoms with Crippen molar-refractivity contribution in [3.05, 3.63) is 118 Å². The molecule has 0 radical (unpaired) electrons. The lowest BCUT2D eigenvalue weighted by atomic mass is 9.92. The zero-order valence-electron chi connectivity index (χ0n) is 21.7. The van der Waals surface area contributed by atoms with Crippen LogP contribution in [0.1, 0.15) is 28.4 Å². The highest BCUT2D eigenvalue weighted by atomic mass is 79.9. The molecule has 0 fully saturated rings. The smallest absolute Gasteiger partial charge is 0.179 e.